The zero-order chi connectivity index (χ0) is 16.9. The van der Waals surface area contributed by atoms with Gasteiger partial charge in [-0.1, -0.05) is 12.1 Å². The number of likely N-dealkylation sites (tertiary alicyclic amines) is 1. The molecular weight excluding hydrogens is 304 g/mol. The maximum Gasteiger partial charge on any atom is 0.234 e. The van der Waals surface area contributed by atoms with Crippen LogP contribution in [-0.4, -0.2) is 67.0 Å². The summed E-state index contributed by atoms with van der Waals surface area (Å²) in [5, 5.41) is 2.99. The highest BCUT2D eigenvalue weighted by atomic mass is 16.3. The molecule has 2 aromatic rings. The van der Waals surface area contributed by atoms with Gasteiger partial charge in [0.2, 0.25) is 5.91 Å². The van der Waals surface area contributed by atoms with Crippen LogP contribution in [0.15, 0.2) is 28.7 Å². The number of rotatable bonds is 7. The minimum atomic E-state index is 0.104. The van der Waals surface area contributed by atoms with Crippen molar-refractivity contribution in [2.45, 2.75) is 25.3 Å². The molecule has 2 heterocycles. The van der Waals surface area contributed by atoms with Gasteiger partial charge in [-0.2, -0.15) is 0 Å². The third-order valence-corrected chi connectivity index (χ3v) is 4.57. The molecule has 0 aliphatic carbocycles. The number of hydrogen-bond acceptors (Lipinski definition) is 5. The van der Waals surface area contributed by atoms with Crippen molar-refractivity contribution in [1.82, 2.24) is 20.1 Å². The average Bonchev–Trinajstić information content (AvgIpc) is 3.17. The smallest absolute Gasteiger partial charge is 0.234 e. The summed E-state index contributed by atoms with van der Waals surface area (Å²) in [6.07, 6.45) is 2.71. The van der Waals surface area contributed by atoms with Crippen molar-refractivity contribution in [2.75, 3.05) is 40.3 Å². The number of nitrogens with zero attached hydrogens (tertiary/aromatic N) is 3. The van der Waals surface area contributed by atoms with Crippen LogP contribution in [0.4, 0.5) is 0 Å². The van der Waals surface area contributed by atoms with Gasteiger partial charge in [-0.3, -0.25) is 9.69 Å². The summed E-state index contributed by atoms with van der Waals surface area (Å²) in [7, 11) is 4.20. The normalized spacial score (nSPS) is 18.5. The fraction of sp³-hybridized carbons (Fsp3) is 0.556. The molecule has 6 nitrogen and oxygen atoms in total. The molecule has 0 spiro atoms. The van der Waals surface area contributed by atoms with E-state index in [2.05, 4.69) is 34.2 Å². The second-order valence-electron chi connectivity index (χ2n) is 6.67. The minimum absolute atomic E-state index is 0.104. The highest BCUT2D eigenvalue weighted by Gasteiger charge is 2.24. The Morgan fingerprint density at radius 2 is 2.25 bits per heavy atom. The van der Waals surface area contributed by atoms with E-state index in [1.54, 1.807) is 0 Å². The van der Waals surface area contributed by atoms with Gasteiger partial charge in [0, 0.05) is 32.1 Å². The number of hydrogen-bond donors (Lipinski definition) is 1. The Morgan fingerprint density at radius 1 is 1.42 bits per heavy atom. The predicted molar refractivity (Wildman–Crippen MR) is 93.9 cm³/mol. The number of para-hydroxylation sites is 2. The molecule has 130 valence electrons. The van der Waals surface area contributed by atoms with Crippen LogP contribution in [0.2, 0.25) is 0 Å². The van der Waals surface area contributed by atoms with Crippen LogP contribution >= 0.6 is 0 Å². The zero-order valence-electron chi connectivity index (χ0n) is 14.5. The molecule has 1 N–H and O–H groups in total. The van der Waals surface area contributed by atoms with Crippen LogP contribution in [0, 0.1) is 0 Å². The topological polar surface area (TPSA) is 61.6 Å². The average molecular weight is 330 g/mol. The van der Waals surface area contributed by atoms with Gasteiger partial charge in [-0.15, -0.1) is 0 Å². The Morgan fingerprint density at radius 3 is 3.00 bits per heavy atom. The van der Waals surface area contributed by atoms with Crippen LogP contribution in [0.25, 0.3) is 11.1 Å². The number of aromatic nitrogens is 1. The lowest BCUT2D eigenvalue weighted by atomic mass is 10.2. The summed E-state index contributed by atoms with van der Waals surface area (Å²) in [5.41, 5.74) is 1.71. The molecule has 3 rings (SSSR count). The number of aryl methyl sites for hydroxylation is 1. The first kappa shape index (κ1) is 16.9. The summed E-state index contributed by atoms with van der Waals surface area (Å²) in [6.45, 7) is 3.12. The van der Waals surface area contributed by atoms with E-state index < -0.39 is 0 Å². The summed E-state index contributed by atoms with van der Waals surface area (Å²) >= 11 is 0. The summed E-state index contributed by atoms with van der Waals surface area (Å²) < 4.78 is 5.68. The van der Waals surface area contributed by atoms with Gasteiger partial charge in [0.1, 0.15) is 5.52 Å². The van der Waals surface area contributed by atoms with Crippen molar-refractivity contribution in [2.24, 2.45) is 0 Å². The van der Waals surface area contributed by atoms with Crippen molar-refractivity contribution < 1.29 is 9.21 Å². The first-order valence-corrected chi connectivity index (χ1v) is 8.62. The van der Waals surface area contributed by atoms with Crippen molar-refractivity contribution in [3.05, 3.63) is 30.2 Å². The highest BCUT2D eigenvalue weighted by Crippen LogP contribution is 2.15. The molecule has 6 heteroatoms. The number of fused-ring (bicyclic) bond motifs is 1. The van der Waals surface area contributed by atoms with E-state index in [1.807, 2.05) is 24.3 Å². The molecule has 1 unspecified atom stereocenters. The summed E-state index contributed by atoms with van der Waals surface area (Å²) in [5.74, 6) is 0.839. The van der Waals surface area contributed by atoms with Crippen LogP contribution in [0.3, 0.4) is 0 Å². The Balaban J connectivity index is 1.35. The maximum absolute atomic E-state index is 12.0. The van der Waals surface area contributed by atoms with E-state index in [1.165, 1.54) is 0 Å². The van der Waals surface area contributed by atoms with Crippen LogP contribution in [-0.2, 0) is 11.2 Å². The van der Waals surface area contributed by atoms with Crippen LogP contribution < -0.4 is 5.32 Å². The number of carbonyl (C=O) groups excluding carboxylic acids is 1. The van der Waals surface area contributed by atoms with Gasteiger partial charge in [0.15, 0.2) is 11.5 Å². The number of benzene rings is 1. The number of likely N-dealkylation sites (N-methyl/N-ethyl adjacent to an activating group) is 1. The van der Waals surface area contributed by atoms with E-state index in [4.69, 9.17) is 4.42 Å². The number of nitrogens with one attached hydrogen (secondary N) is 1. The second kappa shape index (κ2) is 7.77. The molecule has 0 bridgehead atoms. The zero-order valence-corrected chi connectivity index (χ0v) is 14.5. The fourth-order valence-electron chi connectivity index (χ4n) is 3.13. The summed E-state index contributed by atoms with van der Waals surface area (Å²) in [4.78, 5) is 20.9. The molecule has 1 aliphatic heterocycles. The van der Waals surface area contributed by atoms with Gasteiger partial charge in [0.25, 0.3) is 0 Å². The fourth-order valence-corrected chi connectivity index (χ4v) is 3.13. The standard InChI is InChI=1S/C18H26N4O2/c1-21(2)14-9-11-22(12-14)13-17(23)19-10-5-8-18-20-15-6-3-4-7-16(15)24-18/h3-4,6-7,14H,5,8-13H2,1-2H3,(H,19,23). The maximum atomic E-state index is 12.0. The molecular formula is C18H26N4O2. The molecule has 1 amide bonds. The Labute approximate surface area is 142 Å². The number of carbonyl (C=O) groups is 1. The van der Waals surface area contributed by atoms with E-state index >= 15 is 0 Å². The minimum Gasteiger partial charge on any atom is -0.441 e. The lowest BCUT2D eigenvalue weighted by molar-refractivity contribution is -0.122. The Bertz CT molecular complexity index is 649. The quantitative estimate of drug-likeness (QED) is 0.780. The number of amides is 1. The van der Waals surface area contributed by atoms with Crippen molar-refractivity contribution in [3.63, 3.8) is 0 Å². The first-order chi connectivity index (χ1) is 11.6. The molecule has 1 atom stereocenters. The predicted octanol–water partition coefficient (Wildman–Crippen LogP) is 1.51. The van der Waals surface area contributed by atoms with Crippen LogP contribution in [0.1, 0.15) is 18.7 Å². The number of oxazole rings is 1. The molecule has 0 saturated carbocycles. The van der Waals surface area contributed by atoms with Crippen molar-refractivity contribution >= 4 is 17.0 Å². The van der Waals surface area contributed by atoms with E-state index in [0.29, 0.717) is 19.1 Å². The first-order valence-electron chi connectivity index (χ1n) is 8.62. The molecule has 1 fully saturated rings. The molecule has 1 aromatic carbocycles. The Kier molecular flexibility index (Phi) is 5.48. The molecule has 24 heavy (non-hydrogen) atoms. The lowest BCUT2D eigenvalue weighted by Crippen LogP contribution is -2.38. The highest BCUT2D eigenvalue weighted by molar-refractivity contribution is 5.78. The SMILES string of the molecule is CN(C)C1CCN(CC(=O)NCCCc2nc3ccccc3o2)C1. The van der Waals surface area contributed by atoms with E-state index in [0.717, 1.165) is 49.3 Å². The van der Waals surface area contributed by atoms with E-state index in [-0.39, 0.29) is 5.91 Å². The van der Waals surface area contributed by atoms with E-state index in [9.17, 15) is 4.79 Å². The van der Waals surface area contributed by atoms with Crippen molar-refractivity contribution in [3.8, 4) is 0 Å². The monoisotopic (exact) mass is 330 g/mol. The summed E-state index contributed by atoms with van der Waals surface area (Å²) in [6, 6.07) is 8.33. The Hall–Kier alpha value is -1.92. The van der Waals surface area contributed by atoms with Crippen LogP contribution in [0.5, 0.6) is 0 Å². The molecule has 1 aromatic heterocycles. The molecule has 1 aliphatic rings. The van der Waals surface area contributed by atoms with Gasteiger partial charge < -0.3 is 14.6 Å². The largest absolute Gasteiger partial charge is 0.441 e. The third-order valence-electron chi connectivity index (χ3n) is 4.57. The van der Waals surface area contributed by atoms with Gasteiger partial charge in [0.05, 0.1) is 6.54 Å². The van der Waals surface area contributed by atoms with Gasteiger partial charge >= 0.3 is 0 Å². The van der Waals surface area contributed by atoms with Gasteiger partial charge in [-0.25, -0.2) is 4.98 Å². The third kappa shape index (κ3) is 4.33. The molecule has 0 radical (unpaired) electrons. The molecule has 1 saturated heterocycles. The lowest BCUT2D eigenvalue weighted by Gasteiger charge is -2.20. The van der Waals surface area contributed by atoms with Crippen molar-refractivity contribution in [1.29, 1.82) is 0 Å². The van der Waals surface area contributed by atoms with Gasteiger partial charge in [-0.05, 0) is 39.1 Å². The second-order valence-corrected chi connectivity index (χ2v) is 6.67.